The minimum Gasteiger partial charge on any atom is -0.508 e. The van der Waals surface area contributed by atoms with Gasteiger partial charge in [0, 0.05) is 24.9 Å². The molecular formula is C37H37N5O5. The number of piperazine rings is 1. The van der Waals surface area contributed by atoms with Crippen LogP contribution in [0.1, 0.15) is 23.2 Å². The number of carbonyl (C=O) groups is 3. The van der Waals surface area contributed by atoms with E-state index in [1.165, 1.54) is 0 Å². The third-order valence-corrected chi connectivity index (χ3v) is 8.60. The van der Waals surface area contributed by atoms with Crippen LogP contribution in [0.25, 0.3) is 11.3 Å². The van der Waals surface area contributed by atoms with Gasteiger partial charge in [0.1, 0.15) is 23.7 Å². The van der Waals surface area contributed by atoms with Crippen LogP contribution in [0.5, 0.6) is 11.5 Å². The van der Waals surface area contributed by atoms with Crippen molar-refractivity contribution in [3.63, 3.8) is 0 Å². The number of para-hydroxylation sites is 1. The molecule has 3 aromatic carbocycles. The maximum absolute atomic E-state index is 14.3. The lowest BCUT2D eigenvalue weighted by atomic mass is 9.98. The maximum atomic E-state index is 14.3. The van der Waals surface area contributed by atoms with Gasteiger partial charge in [0.05, 0.1) is 31.0 Å². The summed E-state index contributed by atoms with van der Waals surface area (Å²) < 4.78 is 0. The largest absolute Gasteiger partial charge is 0.508 e. The average molecular weight is 632 g/mol. The van der Waals surface area contributed by atoms with E-state index in [0.717, 1.165) is 11.1 Å². The number of benzene rings is 3. The molecule has 1 aromatic heterocycles. The number of amides is 3. The van der Waals surface area contributed by atoms with Gasteiger partial charge in [-0.25, -0.2) is 10.0 Å². The van der Waals surface area contributed by atoms with E-state index in [1.807, 2.05) is 48.5 Å². The Balaban J connectivity index is 1.35. The number of phenols is 2. The fourth-order valence-electron chi connectivity index (χ4n) is 6.37. The van der Waals surface area contributed by atoms with Crippen LogP contribution in [0, 0.1) is 0 Å². The van der Waals surface area contributed by atoms with Crippen LogP contribution in [0.3, 0.4) is 0 Å². The lowest BCUT2D eigenvalue weighted by Gasteiger charge is -2.55. The van der Waals surface area contributed by atoms with Crippen molar-refractivity contribution in [3.8, 4) is 22.8 Å². The first-order chi connectivity index (χ1) is 22.8. The van der Waals surface area contributed by atoms with E-state index in [2.05, 4.69) is 6.58 Å². The summed E-state index contributed by atoms with van der Waals surface area (Å²) in [5, 5.41) is 23.6. The predicted octanol–water partition coefficient (Wildman–Crippen LogP) is 4.15. The predicted molar refractivity (Wildman–Crippen MR) is 176 cm³/mol. The summed E-state index contributed by atoms with van der Waals surface area (Å²) in [6.07, 6.45) is 1.87. The molecule has 3 amide bonds. The zero-order valence-corrected chi connectivity index (χ0v) is 26.0. The van der Waals surface area contributed by atoms with Gasteiger partial charge in [-0.1, -0.05) is 66.7 Å². The molecule has 0 saturated carbocycles. The molecule has 2 aliphatic heterocycles. The van der Waals surface area contributed by atoms with Crippen LogP contribution in [0.4, 0.5) is 0 Å². The summed E-state index contributed by atoms with van der Waals surface area (Å²) in [5.41, 5.74) is 3.54. The van der Waals surface area contributed by atoms with E-state index in [1.54, 1.807) is 74.4 Å². The number of aromatic hydroxyl groups is 2. The van der Waals surface area contributed by atoms with Gasteiger partial charge in [0.15, 0.2) is 0 Å². The van der Waals surface area contributed by atoms with Crippen molar-refractivity contribution in [3.05, 3.63) is 127 Å². The first-order valence-corrected chi connectivity index (χ1v) is 15.7. The van der Waals surface area contributed by atoms with Gasteiger partial charge in [-0.05, 0) is 53.9 Å². The van der Waals surface area contributed by atoms with E-state index in [0.29, 0.717) is 23.4 Å². The number of rotatable bonds is 10. The number of fused-ring (bicyclic) bond motifs is 1. The third-order valence-electron chi connectivity index (χ3n) is 8.60. The number of carbonyl (C=O) groups excluding carboxylic acids is 3. The minimum absolute atomic E-state index is 0.0663. The Morgan fingerprint density at radius 3 is 2.38 bits per heavy atom. The lowest BCUT2D eigenvalue weighted by molar-refractivity contribution is -0.205. The highest BCUT2D eigenvalue weighted by Gasteiger charge is 2.51. The van der Waals surface area contributed by atoms with Crippen LogP contribution in [0.15, 0.2) is 110 Å². The van der Waals surface area contributed by atoms with Crippen LogP contribution < -0.4 is 0 Å². The van der Waals surface area contributed by atoms with Gasteiger partial charge in [-0.15, -0.1) is 6.58 Å². The van der Waals surface area contributed by atoms with Crippen molar-refractivity contribution >= 4 is 17.7 Å². The van der Waals surface area contributed by atoms with Gasteiger partial charge < -0.3 is 20.0 Å². The van der Waals surface area contributed by atoms with Gasteiger partial charge in [-0.3, -0.25) is 19.4 Å². The van der Waals surface area contributed by atoms with Crippen LogP contribution in [-0.2, 0) is 33.8 Å². The second-order valence-corrected chi connectivity index (χ2v) is 11.8. The van der Waals surface area contributed by atoms with E-state index in [-0.39, 0.29) is 68.2 Å². The van der Waals surface area contributed by atoms with Crippen molar-refractivity contribution < 1.29 is 24.6 Å². The summed E-state index contributed by atoms with van der Waals surface area (Å²) in [6.45, 7) is 4.30. The Labute approximate surface area is 273 Å². The molecule has 0 unspecified atom stereocenters. The van der Waals surface area contributed by atoms with Gasteiger partial charge in [0.25, 0.3) is 0 Å². The van der Waals surface area contributed by atoms with Crippen molar-refractivity contribution in [1.82, 2.24) is 24.8 Å². The van der Waals surface area contributed by atoms with Crippen LogP contribution >= 0.6 is 0 Å². The molecular weight excluding hydrogens is 594 g/mol. The fourth-order valence-corrected chi connectivity index (χ4v) is 6.37. The number of phenolic OH excluding ortho intramolecular Hbond substituents is 2. The number of hydrogen-bond donors (Lipinski definition) is 2. The Bertz CT molecular complexity index is 1760. The first kappa shape index (κ1) is 31.5. The van der Waals surface area contributed by atoms with Crippen molar-refractivity contribution in [2.24, 2.45) is 0 Å². The number of aryl methyl sites for hydroxylation is 1. The molecule has 2 N–H and O–H groups in total. The molecule has 10 nitrogen and oxygen atoms in total. The quantitative estimate of drug-likeness (QED) is 0.253. The Hall–Kier alpha value is -5.48. The van der Waals surface area contributed by atoms with E-state index < -0.39 is 12.2 Å². The van der Waals surface area contributed by atoms with Gasteiger partial charge in [-0.2, -0.15) is 0 Å². The van der Waals surface area contributed by atoms with E-state index in [9.17, 15) is 24.6 Å². The second kappa shape index (κ2) is 13.9. The van der Waals surface area contributed by atoms with E-state index >= 15 is 0 Å². The summed E-state index contributed by atoms with van der Waals surface area (Å²) in [4.78, 5) is 50.1. The molecule has 2 atom stereocenters. The Kier molecular flexibility index (Phi) is 9.30. The first-order valence-electron chi connectivity index (χ1n) is 15.7. The molecule has 2 fully saturated rings. The fraction of sp³-hybridized carbons (Fsp3) is 0.243. The average Bonchev–Trinajstić information content (AvgIpc) is 3.07. The van der Waals surface area contributed by atoms with Crippen LogP contribution in [0.2, 0.25) is 0 Å². The van der Waals surface area contributed by atoms with Crippen molar-refractivity contribution in [2.45, 2.75) is 38.0 Å². The number of nitrogens with zero attached hydrogens (tertiary/aromatic N) is 5. The normalized spacial score (nSPS) is 18.3. The number of pyridine rings is 1. The summed E-state index contributed by atoms with van der Waals surface area (Å²) in [5.74, 6) is -0.464. The number of hydrogen-bond acceptors (Lipinski definition) is 7. The topological polar surface area (TPSA) is 118 Å². The molecule has 240 valence electrons. The molecule has 4 aromatic rings. The summed E-state index contributed by atoms with van der Waals surface area (Å²) in [7, 11) is 0. The molecule has 10 heteroatoms. The van der Waals surface area contributed by atoms with E-state index in [4.69, 9.17) is 4.98 Å². The molecule has 0 spiro atoms. The number of hydrazine groups is 1. The highest BCUT2D eigenvalue weighted by Crippen LogP contribution is 2.31. The zero-order valence-electron chi connectivity index (χ0n) is 26.0. The van der Waals surface area contributed by atoms with Crippen LogP contribution in [-0.4, -0.2) is 84.6 Å². The molecule has 3 heterocycles. The van der Waals surface area contributed by atoms with Crippen molar-refractivity contribution in [2.75, 3.05) is 19.6 Å². The molecule has 47 heavy (non-hydrogen) atoms. The van der Waals surface area contributed by atoms with Gasteiger partial charge in [0.2, 0.25) is 17.7 Å². The Morgan fingerprint density at radius 2 is 1.64 bits per heavy atom. The summed E-state index contributed by atoms with van der Waals surface area (Å²) >= 11 is 0. The van der Waals surface area contributed by atoms with Crippen molar-refractivity contribution in [1.29, 1.82) is 0 Å². The maximum Gasteiger partial charge on any atom is 0.246 e. The Morgan fingerprint density at radius 1 is 0.894 bits per heavy atom. The second-order valence-electron chi connectivity index (χ2n) is 11.8. The molecule has 2 saturated heterocycles. The zero-order chi connectivity index (χ0) is 32.9. The molecule has 0 bridgehead atoms. The highest BCUT2D eigenvalue weighted by atomic mass is 16.3. The smallest absolute Gasteiger partial charge is 0.246 e. The molecule has 2 aliphatic rings. The standard InChI is InChI=1S/C37H37N5O5/c1-2-21-40-25-36(46)41-32(22-27-15-18-29(43)19-16-27)37(47)39(23-28-11-8-13-31(38-28)30-12-6-7-14-33(30)44)24-34(41)42(40)35(45)20-17-26-9-4-3-5-10-26/h2-16,18-19,32,34,43-44H,1,17,20-25H2/t32-,34-/m0/s1. The van der Waals surface area contributed by atoms with Gasteiger partial charge >= 0.3 is 0 Å². The SMILES string of the molecule is C=CCN1CC(=O)N2[C@@H](Cc3ccc(O)cc3)C(=O)N(Cc3cccc(-c4ccccc4O)n3)C[C@@H]2N1C(=O)CCc1ccccc1. The molecule has 0 radical (unpaired) electrons. The number of aromatic nitrogens is 1. The molecule has 0 aliphatic carbocycles. The third kappa shape index (κ3) is 6.87. The highest BCUT2D eigenvalue weighted by molar-refractivity contribution is 5.92. The summed E-state index contributed by atoms with van der Waals surface area (Å²) in [6, 6.07) is 27.8. The monoisotopic (exact) mass is 631 g/mol. The lowest BCUT2D eigenvalue weighted by Crippen LogP contribution is -2.75. The molecule has 6 rings (SSSR count). The minimum atomic E-state index is -0.887.